The van der Waals surface area contributed by atoms with Gasteiger partial charge in [0.05, 0.1) is 30.3 Å². The van der Waals surface area contributed by atoms with Gasteiger partial charge in [-0.25, -0.2) is 4.98 Å². The Labute approximate surface area is 112 Å². The van der Waals surface area contributed by atoms with Crippen LogP contribution in [0.25, 0.3) is 11.0 Å². The summed E-state index contributed by atoms with van der Waals surface area (Å²) in [6.45, 7) is 4.57. The third kappa shape index (κ3) is 1.95. The topological polar surface area (TPSA) is 39.1 Å². The van der Waals surface area contributed by atoms with E-state index in [2.05, 4.69) is 35.0 Å². The van der Waals surface area contributed by atoms with Gasteiger partial charge in [-0.3, -0.25) is 0 Å². The number of hydrogen-bond donors (Lipinski definition) is 1. The molecule has 1 atom stereocenters. The maximum atomic E-state index is 5.60. The first-order chi connectivity index (χ1) is 9.33. The van der Waals surface area contributed by atoms with E-state index in [0.29, 0.717) is 6.04 Å². The lowest BCUT2D eigenvalue weighted by Gasteiger charge is -2.24. The molecular weight excluding hydrogens is 238 g/mol. The largest absolute Gasteiger partial charge is 0.378 e. The highest BCUT2D eigenvalue weighted by Gasteiger charge is 2.31. The fourth-order valence-electron chi connectivity index (χ4n) is 2.92. The predicted octanol–water partition coefficient (Wildman–Crippen LogP) is 2.34. The average molecular weight is 257 g/mol. The first kappa shape index (κ1) is 11.4. The van der Waals surface area contributed by atoms with Crippen LogP contribution in [0.3, 0.4) is 0 Å². The Morgan fingerprint density at radius 3 is 3.00 bits per heavy atom. The quantitative estimate of drug-likeness (QED) is 0.897. The highest BCUT2D eigenvalue weighted by molar-refractivity contribution is 5.77. The van der Waals surface area contributed by atoms with E-state index in [9.17, 15) is 0 Å². The minimum absolute atomic E-state index is 0.238. The number of rotatable bonds is 2. The minimum Gasteiger partial charge on any atom is -0.378 e. The molecule has 2 fully saturated rings. The van der Waals surface area contributed by atoms with Crippen molar-refractivity contribution in [1.82, 2.24) is 14.9 Å². The molecule has 1 N–H and O–H groups in total. The molecule has 0 amide bonds. The van der Waals surface area contributed by atoms with Gasteiger partial charge in [-0.05, 0) is 37.5 Å². The smallest absolute Gasteiger partial charge is 0.129 e. The number of aromatic nitrogens is 2. The van der Waals surface area contributed by atoms with Crippen LogP contribution in [0.4, 0.5) is 0 Å². The number of nitrogens with one attached hydrogen (secondary N) is 1. The van der Waals surface area contributed by atoms with E-state index in [1.807, 2.05) is 0 Å². The maximum absolute atomic E-state index is 5.60. The van der Waals surface area contributed by atoms with Crippen molar-refractivity contribution in [2.75, 3.05) is 19.8 Å². The predicted molar refractivity (Wildman–Crippen MR) is 74.3 cm³/mol. The fourth-order valence-corrected chi connectivity index (χ4v) is 2.92. The van der Waals surface area contributed by atoms with Crippen molar-refractivity contribution in [3.8, 4) is 0 Å². The Hall–Kier alpha value is -1.39. The van der Waals surface area contributed by atoms with Crippen LogP contribution in [-0.2, 0) is 4.74 Å². The van der Waals surface area contributed by atoms with Gasteiger partial charge in [0, 0.05) is 12.6 Å². The molecular formula is C15H19N3O. The lowest BCUT2D eigenvalue weighted by molar-refractivity contribution is 0.0732. The van der Waals surface area contributed by atoms with Crippen molar-refractivity contribution in [1.29, 1.82) is 0 Å². The van der Waals surface area contributed by atoms with Crippen LogP contribution in [0.5, 0.6) is 0 Å². The number of fused-ring (bicyclic) bond motifs is 1. The van der Waals surface area contributed by atoms with Crippen molar-refractivity contribution >= 4 is 11.0 Å². The van der Waals surface area contributed by atoms with E-state index < -0.39 is 0 Å². The normalized spacial score (nSPS) is 23.9. The number of nitrogens with zero attached hydrogens (tertiary/aromatic N) is 2. The summed E-state index contributed by atoms with van der Waals surface area (Å²) in [6.07, 6.45) is 2.56. The molecule has 0 bridgehead atoms. The van der Waals surface area contributed by atoms with Crippen LogP contribution in [0, 0.1) is 6.92 Å². The third-order valence-electron chi connectivity index (χ3n) is 4.02. The molecule has 1 aromatic carbocycles. The van der Waals surface area contributed by atoms with Gasteiger partial charge in [0.1, 0.15) is 5.82 Å². The van der Waals surface area contributed by atoms with E-state index in [1.54, 1.807) is 0 Å². The Kier molecular flexibility index (Phi) is 2.60. The molecule has 1 aromatic heterocycles. The average Bonchev–Trinajstić information content (AvgIpc) is 3.20. The zero-order chi connectivity index (χ0) is 12.8. The summed E-state index contributed by atoms with van der Waals surface area (Å²) in [6, 6.07) is 7.45. The van der Waals surface area contributed by atoms with Crippen LogP contribution >= 0.6 is 0 Å². The summed E-state index contributed by atoms with van der Waals surface area (Å²) in [7, 11) is 0. The summed E-state index contributed by atoms with van der Waals surface area (Å²) >= 11 is 0. The molecule has 19 heavy (non-hydrogen) atoms. The molecule has 4 heteroatoms. The van der Waals surface area contributed by atoms with Crippen molar-refractivity contribution in [3.05, 3.63) is 29.6 Å². The second kappa shape index (κ2) is 4.32. The minimum atomic E-state index is 0.238. The first-order valence-corrected chi connectivity index (χ1v) is 7.12. The number of ether oxygens (including phenoxy) is 1. The molecule has 2 aromatic rings. The van der Waals surface area contributed by atoms with Gasteiger partial charge >= 0.3 is 0 Å². The van der Waals surface area contributed by atoms with E-state index in [0.717, 1.165) is 31.1 Å². The molecule has 0 spiro atoms. The van der Waals surface area contributed by atoms with Gasteiger partial charge in [-0.2, -0.15) is 0 Å². The van der Waals surface area contributed by atoms with Crippen LogP contribution in [0.15, 0.2) is 18.2 Å². The number of aryl methyl sites for hydroxylation is 1. The highest BCUT2D eigenvalue weighted by Crippen LogP contribution is 2.40. The molecule has 2 heterocycles. The first-order valence-electron chi connectivity index (χ1n) is 7.12. The molecule has 0 radical (unpaired) electrons. The van der Waals surface area contributed by atoms with E-state index in [4.69, 9.17) is 9.72 Å². The number of benzene rings is 1. The second-order valence-corrected chi connectivity index (χ2v) is 5.64. The molecule has 2 aliphatic rings. The fraction of sp³-hybridized carbons (Fsp3) is 0.533. The Bertz CT molecular complexity index is 609. The SMILES string of the molecule is Cc1ccc2c(c1)nc(C1COCCN1)n2C1CC1. The summed E-state index contributed by atoms with van der Waals surface area (Å²) < 4.78 is 8.03. The third-order valence-corrected chi connectivity index (χ3v) is 4.02. The molecule has 1 saturated carbocycles. The zero-order valence-corrected chi connectivity index (χ0v) is 11.2. The Morgan fingerprint density at radius 2 is 2.26 bits per heavy atom. The van der Waals surface area contributed by atoms with Crippen molar-refractivity contribution in [2.45, 2.75) is 31.8 Å². The summed E-state index contributed by atoms with van der Waals surface area (Å²) in [5.41, 5.74) is 3.66. The zero-order valence-electron chi connectivity index (χ0n) is 11.2. The van der Waals surface area contributed by atoms with Gasteiger partial charge in [-0.1, -0.05) is 6.07 Å². The lowest BCUT2D eigenvalue weighted by Crippen LogP contribution is -2.36. The molecule has 1 aliphatic heterocycles. The van der Waals surface area contributed by atoms with Gasteiger partial charge in [-0.15, -0.1) is 0 Å². The molecule has 4 rings (SSSR count). The number of hydrogen-bond acceptors (Lipinski definition) is 3. The van der Waals surface area contributed by atoms with Crippen LogP contribution in [-0.4, -0.2) is 29.3 Å². The van der Waals surface area contributed by atoms with Crippen LogP contribution < -0.4 is 5.32 Å². The van der Waals surface area contributed by atoms with Crippen LogP contribution in [0.2, 0.25) is 0 Å². The van der Waals surface area contributed by atoms with Crippen molar-refractivity contribution in [2.24, 2.45) is 0 Å². The van der Waals surface area contributed by atoms with E-state index in [-0.39, 0.29) is 6.04 Å². The summed E-state index contributed by atoms with van der Waals surface area (Å²) in [4.78, 5) is 4.88. The standard InChI is InChI=1S/C15H19N3O/c1-10-2-5-14-12(8-10)17-15(18(14)11-3-4-11)13-9-19-7-6-16-13/h2,5,8,11,13,16H,3-4,6-7,9H2,1H3. The highest BCUT2D eigenvalue weighted by atomic mass is 16.5. The van der Waals surface area contributed by atoms with E-state index >= 15 is 0 Å². The maximum Gasteiger partial charge on any atom is 0.129 e. The lowest BCUT2D eigenvalue weighted by atomic mass is 10.2. The van der Waals surface area contributed by atoms with Gasteiger partial charge < -0.3 is 14.6 Å². The molecule has 1 saturated heterocycles. The summed E-state index contributed by atoms with van der Waals surface area (Å²) in [5.74, 6) is 1.16. The molecule has 1 unspecified atom stereocenters. The second-order valence-electron chi connectivity index (χ2n) is 5.64. The number of imidazole rings is 1. The molecule has 4 nitrogen and oxygen atoms in total. The van der Waals surface area contributed by atoms with Crippen LogP contribution in [0.1, 0.15) is 36.3 Å². The summed E-state index contributed by atoms with van der Waals surface area (Å²) in [5, 5.41) is 3.53. The monoisotopic (exact) mass is 257 g/mol. The van der Waals surface area contributed by atoms with Crippen molar-refractivity contribution < 1.29 is 4.74 Å². The van der Waals surface area contributed by atoms with E-state index in [1.165, 1.54) is 23.9 Å². The Morgan fingerprint density at radius 1 is 1.37 bits per heavy atom. The van der Waals surface area contributed by atoms with Gasteiger partial charge in [0.25, 0.3) is 0 Å². The molecule has 1 aliphatic carbocycles. The number of morpholine rings is 1. The van der Waals surface area contributed by atoms with Crippen molar-refractivity contribution in [3.63, 3.8) is 0 Å². The Balaban J connectivity index is 1.85. The van der Waals surface area contributed by atoms with Gasteiger partial charge in [0.2, 0.25) is 0 Å². The molecule has 100 valence electrons. The van der Waals surface area contributed by atoms with Gasteiger partial charge in [0.15, 0.2) is 0 Å².